The van der Waals surface area contributed by atoms with Gasteiger partial charge < -0.3 is 187 Å². The second-order valence-electron chi connectivity index (χ2n) is 36.9. The van der Waals surface area contributed by atoms with Crippen molar-refractivity contribution in [3.05, 3.63) is 11.6 Å². The molecule has 8 heterocycles. The third-order valence-corrected chi connectivity index (χ3v) is 29.2. The molecular formula is C78H122O41. The zero-order valence-corrected chi connectivity index (χ0v) is 68.0. The van der Waals surface area contributed by atoms with Crippen molar-refractivity contribution in [1.82, 2.24) is 0 Å². The molecular weight excluding hydrogens is 1590 g/mol. The molecule has 0 spiro atoms. The Balaban J connectivity index is 0.789. The Bertz CT molecular complexity index is 3560. The van der Waals surface area contributed by atoms with Crippen LogP contribution in [0.2, 0.25) is 0 Å². The molecule has 119 heavy (non-hydrogen) atoms. The lowest BCUT2D eigenvalue weighted by Gasteiger charge is -2.71. The minimum absolute atomic E-state index is 0.0341. The predicted molar refractivity (Wildman–Crippen MR) is 388 cm³/mol. The van der Waals surface area contributed by atoms with Crippen LogP contribution in [0.15, 0.2) is 11.6 Å². The maximum Gasteiger partial charge on any atom is 0.335 e. The molecule has 680 valence electrons. The SMILES string of the molecule is CC(=O)O[C@@H]1[C@H](O[C@@H]2O[C@@H](C)[C@H](O)[C@@H](O)[C@H]2O)[C@@H](O[C@@H]2O[C@@H](C)[C@H](O[C@@H]3OC[C@@H](O)[C@H](O[C@@H]4OC[C@@H](O)[C@H](O)[C@H]4O)[C@H]3O)[C@@H](O)[C@H]2O)[C@H](OC(=O)[C@]23CCC(C)(C)C[C@H]2C2=CC[C@@H]4[C@@]5(C)CC[C@H](O[C@@H]6O[C@H](C(=O)O)[C@@H](O)[C@H](O[C@@H]7O[C@@H](C)[C@H](O)[C@@H](O)[C@H]7O)[C@H]6O[C@@H]6O[C@H](CO)[C@H](O)[C@H](O)[C@H]6O)[C@@](C)(C=O)[C@@H]5CC[C@@]4(C)[C@]2(C)C[C@H]3O)O[C@@H]1C. The van der Waals surface area contributed by atoms with Crippen molar-refractivity contribution in [2.24, 2.45) is 50.2 Å². The molecule has 0 radical (unpaired) electrons. The van der Waals surface area contributed by atoms with Crippen LogP contribution < -0.4 is 0 Å². The van der Waals surface area contributed by atoms with Crippen LogP contribution in [0.4, 0.5) is 0 Å². The summed E-state index contributed by atoms with van der Waals surface area (Å²) >= 11 is 0. The summed E-state index contributed by atoms with van der Waals surface area (Å²) in [6.07, 6.45) is -66.9. The third-order valence-electron chi connectivity index (χ3n) is 29.2. The summed E-state index contributed by atoms with van der Waals surface area (Å²) in [5, 5.41) is 223. The number of carbonyl (C=O) groups is 4. The molecule has 8 saturated heterocycles. The van der Waals surface area contributed by atoms with Crippen molar-refractivity contribution in [2.45, 2.75) is 380 Å². The van der Waals surface area contributed by atoms with Gasteiger partial charge in [-0.25, -0.2) is 4.79 Å². The second-order valence-corrected chi connectivity index (χ2v) is 36.9. The van der Waals surface area contributed by atoms with Gasteiger partial charge in [0, 0.05) is 6.92 Å². The Morgan fingerprint density at radius 1 is 0.454 bits per heavy atom. The number of allylic oxidation sites excluding steroid dienone is 2. The average molecular weight is 1720 g/mol. The van der Waals surface area contributed by atoms with Crippen LogP contribution in [0.5, 0.6) is 0 Å². The number of hydrogen-bond donors (Lipinski definition) is 20. The first-order valence-electron chi connectivity index (χ1n) is 41.1. The largest absolute Gasteiger partial charge is 0.479 e. The fraction of sp³-hybridized carbons (Fsp3) is 0.923. The standard InChI is InChI=1S/C78H122O41/c1-26-40(85)44(89)49(94)66(105-26)114-58-53(98)59(63(100)101)115-71(61(58)117-69-51(96)46(91)43(88)35(22-79)110-69)111-39-15-16-74(8)36(75(39,9)25-80)14-17-76(10)37(74)13-12-31-32-20-73(6,7)18-19-78(32,38(84)21-77(31,76)11)72(102)119-70-62(60(56(29(4)108-70)109-30(5)81)116-67-50(95)45(90)41(86)27(2)106-67)118-68-52(97)47(92)55(28(3)107-68)112-65-54(99)57(34(83)24-104-65)113-64-48(93)42(87)33(82)23-103-64/h12,25-29,32-62,64-71,79,82-99H,13-24H2,1-11H3,(H,100,101)/t26-,27-,28-,29+,32-,33+,34+,35+,36+,37+,38+,39-,40-,41-,42-,43-,44+,45+,46-,47-,48+,49+,50+,51+,52+,53-,54+,55-,56-,57-,58-,59-,60-,61+,62+,64-,65-,66-,67-,68-,69-,70-,71+,74-,75-,76+,77+,78+/m0/s1. The molecule has 0 unspecified atom stereocenters. The van der Waals surface area contributed by atoms with Gasteiger partial charge in [0.2, 0.25) is 6.29 Å². The molecule has 0 aromatic carbocycles. The predicted octanol–water partition coefficient (Wildman–Crippen LogP) is -6.54. The van der Waals surface area contributed by atoms with Crippen molar-refractivity contribution in [3.63, 3.8) is 0 Å². The highest BCUT2D eigenvalue weighted by atomic mass is 16.8. The van der Waals surface area contributed by atoms with E-state index in [9.17, 15) is 117 Å². The van der Waals surface area contributed by atoms with E-state index in [1.807, 2.05) is 13.8 Å². The van der Waals surface area contributed by atoms with Crippen LogP contribution in [0.1, 0.15) is 134 Å². The van der Waals surface area contributed by atoms with Crippen LogP contribution in [-0.4, -0.2) is 392 Å². The van der Waals surface area contributed by atoms with Gasteiger partial charge in [-0.15, -0.1) is 0 Å². The number of aldehydes is 1. The van der Waals surface area contributed by atoms with E-state index in [2.05, 4.69) is 26.8 Å². The fourth-order valence-electron chi connectivity index (χ4n) is 22.0. The first-order chi connectivity index (χ1) is 55.7. The first kappa shape index (κ1) is 93.1. The Morgan fingerprint density at radius 3 is 1.55 bits per heavy atom. The molecule has 12 fully saturated rings. The minimum Gasteiger partial charge on any atom is -0.479 e. The molecule has 41 heteroatoms. The van der Waals surface area contributed by atoms with Gasteiger partial charge in [-0.05, 0) is 125 Å². The third kappa shape index (κ3) is 16.5. The van der Waals surface area contributed by atoms with Crippen molar-refractivity contribution in [3.8, 4) is 0 Å². The maximum absolute atomic E-state index is 16.4. The molecule has 4 saturated carbocycles. The lowest BCUT2D eigenvalue weighted by atomic mass is 9.33. The summed E-state index contributed by atoms with van der Waals surface area (Å²) in [5.74, 6) is -5.30. The summed E-state index contributed by atoms with van der Waals surface area (Å²) in [6.45, 7) is 16.6. The monoisotopic (exact) mass is 1710 g/mol. The lowest BCUT2D eigenvalue weighted by molar-refractivity contribution is -0.394. The van der Waals surface area contributed by atoms with Crippen molar-refractivity contribution < 1.29 is 202 Å². The van der Waals surface area contributed by atoms with Crippen LogP contribution in [0.3, 0.4) is 0 Å². The van der Waals surface area contributed by atoms with E-state index in [-0.39, 0.29) is 25.2 Å². The molecule has 0 amide bonds. The first-order valence-corrected chi connectivity index (χ1v) is 41.1. The van der Waals surface area contributed by atoms with Crippen molar-refractivity contribution in [2.75, 3.05) is 19.8 Å². The highest BCUT2D eigenvalue weighted by molar-refractivity contribution is 5.80. The molecule has 48 atom stereocenters. The van der Waals surface area contributed by atoms with Gasteiger partial charge in [-0.1, -0.05) is 53.2 Å². The zero-order chi connectivity index (χ0) is 87.1. The van der Waals surface area contributed by atoms with E-state index in [0.29, 0.717) is 38.5 Å². The number of esters is 2. The van der Waals surface area contributed by atoms with Gasteiger partial charge >= 0.3 is 17.9 Å². The van der Waals surface area contributed by atoms with Gasteiger partial charge in [0.1, 0.15) is 152 Å². The number of hydrogen-bond acceptors (Lipinski definition) is 40. The summed E-state index contributed by atoms with van der Waals surface area (Å²) in [5.41, 5.74) is -5.39. The smallest absolute Gasteiger partial charge is 0.335 e. The number of ether oxygens (including phenoxy) is 17. The Kier molecular flexibility index (Phi) is 27.6. The molecule has 0 aromatic heterocycles. The number of rotatable bonds is 20. The highest BCUT2D eigenvalue weighted by Gasteiger charge is 2.74. The molecule has 0 aromatic rings. The van der Waals surface area contributed by atoms with Crippen LogP contribution >= 0.6 is 0 Å². The van der Waals surface area contributed by atoms with Gasteiger partial charge in [0.15, 0.2) is 62.3 Å². The van der Waals surface area contributed by atoms with Crippen molar-refractivity contribution in [1.29, 1.82) is 0 Å². The Morgan fingerprint density at radius 2 is 0.958 bits per heavy atom. The van der Waals surface area contributed by atoms with Crippen molar-refractivity contribution >= 4 is 24.2 Å². The van der Waals surface area contributed by atoms with E-state index >= 15 is 4.79 Å². The number of carbonyl (C=O) groups excluding carboxylic acids is 3. The molecule has 20 N–H and O–H groups in total. The van der Waals surface area contributed by atoms with Gasteiger partial charge in [-0.3, -0.25) is 9.59 Å². The molecule has 13 aliphatic rings. The number of fused-ring (bicyclic) bond motifs is 7. The van der Waals surface area contributed by atoms with Gasteiger partial charge in [-0.2, -0.15) is 0 Å². The summed E-state index contributed by atoms with van der Waals surface area (Å²) in [4.78, 5) is 57.1. The Hall–Kier alpha value is -3.54. The van der Waals surface area contributed by atoms with E-state index in [4.69, 9.17) is 80.5 Å². The van der Waals surface area contributed by atoms with E-state index in [1.165, 1.54) is 27.7 Å². The van der Waals surface area contributed by atoms with E-state index < -0.39 is 328 Å². The van der Waals surface area contributed by atoms with Crippen LogP contribution in [0.25, 0.3) is 0 Å². The quantitative estimate of drug-likeness (QED) is 0.0233. The van der Waals surface area contributed by atoms with Gasteiger partial charge in [0.05, 0.1) is 61.9 Å². The number of carboxylic acids is 1. The molecule has 0 bridgehead atoms. The highest BCUT2D eigenvalue weighted by Crippen LogP contribution is 2.76. The normalized spacial score (nSPS) is 54.5. The fourth-order valence-corrected chi connectivity index (χ4v) is 22.0. The molecule has 41 nitrogen and oxygen atoms in total. The zero-order valence-electron chi connectivity index (χ0n) is 68.0. The summed E-state index contributed by atoms with van der Waals surface area (Å²) in [7, 11) is 0. The number of aliphatic carboxylic acids is 1. The molecule has 8 aliphatic heterocycles. The summed E-state index contributed by atoms with van der Waals surface area (Å²) < 4.78 is 104. The average Bonchev–Trinajstić information content (AvgIpc) is 0.669. The lowest BCUT2D eigenvalue weighted by Crippen LogP contribution is -2.70. The second kappa shape index (κ2) is 35.2. The van der Waals surface area contributed by atoms with E-state index in [1.54, 1.807) is 6.92 Å². The molecule has 13 rings (SSSR count). The van der Waals surface area contributed by atoms with E-state index in [0.717, 1.165) is 18.8 Å². The number of carboxylic acid groups (broad SMARTS) is 1. The van der Waals surface area contributed by atoms with Gasteiger partial charge in [0.25, 0.3) is 0 Å². The topological polar surface area (TPSA) is 630 Å². The van der Waals surface area contributed by atoms with Crippen LogP contribution in [-0.2, 0) is 99.7 Å². The summed E-state index contributed by atoms with van der Waals surface area (Å²) in [6, 6.07) is 0. The number of aliphatic hydroxyl groups is 19. The minimum atomic E-state index is -2.26. The van der Waals surface area contributed by atoms with Crippen LogP contribution in [0, 0.1) is 50.2 Å². The molecule has 5 aliphatic carbocycles. The number of aliphatic hydroxyl groups excluding tert-OH is 19. The maximum atomic E-state index is 16.4. The Labute approximate surface area is 685 Å².